The molecular formula is C18H16N4O2. The third-order valence-electron chi connectivity index (χ3n) is 4.24. The predicted molar refractivity (Wildman–Crippen MR) is 88.9 cm³/mol. The lowest BCUT2D eigenvalue weighted by molar-refractivity contribution is -0.124. The van der Waals surface area contributed by atoms with Gasteiger partial charge in [-0.25, -0.2) is 9.97 Å². The van der Waals surface area contributed by atoms with Crippen molar-refractivity contribution in [3.05, 3.63) is 36.7 Å². The highest BCUT2D eigenvalue weighted by Gasteiger charge is 2.30. The molecule has 1 atom stereocenters. The fourth-order valence-electron chi connectivity index (χ4n) is 3.18. The molecule has 1 aliphatic heterocycles. The Morgan fingerprint density at radius 1 is 1.38 bits per heavy atom. The van der Waals surface area contributed by atoms with Gasteiger partial charge in [-0.3, -0.25) is 4.79 Å². The zero-order valence-electron chi connectivity index (χ0n) is 13.3. The number of hydrogen-bond donors (Lipinski definition) is 0. The van der Waals surface area contributed by atoms with E-state index in [-0.39, 0.29) is 11.9 Å². The van der Waals surface area contributed by atoms with E-state index in [1.807, 2.05) is 24.3 Å². The van der Waals surface area contributed by atoms with Gasteiger partial charge in [0.15, 0.2) is 17.2 Å². The van der Waals surface area contributed by atoms with Gasteiger partial charge in [-0.05, 0) is 43.5 Å². The van der Waals surface area contributed by atoms with Crippen LogP contribution in [-0.2, 0) is 4.79 Å². The Bertz CT molecular complexity index is 946. The van der Waals surface area contributed by atoms with Gasteiger partial charge in [-0.15, -0.1) is 0 Å². The molecule has 1 fully saturated rings. The number of rotatable bonds is 2. The highest BCUT2D eigenvalue weighted by molar-refractivity contribution is 5.93. The van der Waals surface area contributed by atoms with E-state index in [0.717, 1.165) is 23.4 Å². The van der Waals surface area contributed by atoms with Crippen molar-refractivity contribution in [3.8, 4) is 23.4 Å². The van der Waals surface area contributed by atoms with Crippen LogP contribution in [0.2, 0.25) is 0 Å². The van der Waals surface area contributed by atoms with Gasteiger partial charge in [0.05, 0.1) is 12.3 Å². The summed E-state index contributed by atoms with van der Waals surface area (Å²) in [5.41, 5.74) is 1.63. The van der Waals surface area contributed by atoms with Crippen molar-refractivity contribution in [3.63, 3.8) is 0 Å². The maximum atomic E-state index is 12.0. The van der Waals surface area contributed by atoms with Crippen LogP contribution in [0.1, 0.15) is 19.4 Å². The van der Waals surface area contributed by atoms with Crippen LogP contribution in [-0.4, -0.2) is 38.4 Å². The average molecular weight is 320 g/mol. The number of aromatic nitrogens is 3. The Morgan fingerprint density at radius 3 is 3.08 bits per heavy atom. The number of carbonyl (C=O) groups excluding carboxylic acids is 1. The van der Waals surface area contributed by atoms with E-state index in [1.54, 1.807) is 24.3 Å². The number of pyridine rings is 1. The number of furan rings is 1. The van der Waals surface area contributed by atoms with E-state index in [2.05, 4.69) is 26.4 Å². The molecule has 0 bridgehead atoms. The second-order valence-corrected chi connectivity index (χ2v) is 5.70. The van der Waals surface area contributed by atoms with Crippen molar-refractivity contribution in [1.82, 2.24) is 19.4 Å². The molecule has 24 heavy (non-hydrogen) atoms. The lowest BCUT2D eigenvalue weighted by Crippen LogP contribution is -2.27. The monoisotopic (exact) mass is 320 g/mol. The van der Waals surface area contributed by atoms with Crippen molar-refractivity contribution >= 4 is 17.1 Å². The van der Waals surface area contributed by atoms with Crippen molar-refractivity contribution < 1.29 is 9.21 Å². The quantitative estimate of drug-likeness (QED) is 0.681. The Labute approximate surface area is 139 Å². The summed E-state index contributed by atoms with van der Waals surface area (Å²) in [5, 5.41) is 0. The molecule has 1 saturated heterocycles. The Morgan fingerprint density at radius 2 is 2.29 bits per heavy atom. The molecule has 4 rings (SSSR count). The summed E-state index contributed by atoms with van der Waals surface area (Å²) < 4.78 is 7.63. The number of likely N-dealkylation sites (tertiary alicyclic amines) is 1. The van der Waals surface area contributed by atoms with Crippen LogP contribution in [0.25, 0.3) is 22.7 Å². The van der Waals surface area contributed by atoms with Crippen LogP contribution < -0.4 is 0 Å². The lowest BCUT2D eigenvalue weighted by atomic mass is 10.2. The van der Waals surface area contributed by atoms with Gasteiger partial charge in [0.2, 0.25) is 0 Å². The Hall–Kier alpha value is -3.07. The highest BCUT2D eigenvalue weighted by atomic mass is 16.3. The highest BCUT2D eigenvalue weighted by Crippen LogP contribution is 2.32. The van der Waals surface area contributed by atoms with E-state index < -0.39 is 0 Å². The molecule has 0 spiro atoms. The first-order valence-electron chi connectivity index (χ1n) is 7.86. The normalized spacial score (nSPS) is 17.0. The minimum absolute atomic E-state index is 0.104. The predicted octanol–water partition coefficient (Wildman–Crippen LogP) is 2.49. The topological polar surface area (TPSA) is 64.2 Å². The summed E-state index contributed by atoms with van der Waals surface area (Å²) in [7, 11) is 0. The molecule has 120 valence electrons. The van der Waals surface area contributed by atoms with Gasteiger partial charge >= 0.3 is 0 Å². The SMILES string of the molecule is CC#CC(=O)N1CCC(n2c(-c3ccco3)nc3cccnc32)C1. The van der Waals surface area contributed by atoms with Crippen molar-refractivity contribution in [2.75, 3.05) is 13.1 Å². The Balaban J connectivity index is 1.77. The fourth-order valence-corrected chi connectivity index (χ4v) is 3.18. The van der Waals surface area contributed by atoms with Gasteiger partial charge in [0.25, 0.3) is 5.91 Å². The van der Waals surface area contributed by atoms with E-state index in [4.69, 9.17) is 4.42 Å². The smallest absolute Gasteiger partial charge is 0.298 e. The first kappa shape index (κ1) is 14.5. The number of hydrogen-bond acceptors (Lipinski definition) is 4. The van der Waals surface area contributed by atoms with Gasteiger partial charge in [0.1, 0.15) is 5.52 Å². The van der Waals surface area contributed by atoms with Gasteiger partial charge in [-0.1, -0.05) is 5.92 Å². The van der Waals surface area contributed by atoms with Crippen LogP contribution in [0.3, 0.4) is 0 Å². The van der Waals surface area contributed by atoms with Crippen LogP contribution in [0.5, 0.6) is 0 Å². The first-order chi connectivity index (χ1) is 11.8. The van der Waals surface area contributed by atoms with E-state index in [1.165, 1.54) is 0 Å². The third kappa shape index (κ3) is 2.35. The van der Waals surface area contributed by atoms with Gasteiger partial charge < -0.3 is 13.9 Å². The second kappa shape index (κ2) is 5.85. The number of fused-ring (bicyclic) bond motifs is 1. The lowest BCUT2D eigenvalue weighted by Gasteiger charge is -2.16. The van der Waals surface area contributed by atoms with Crippen molar-refractivity contribution in [1.29, 1.82) is 0 Å². The van der Waals surface area contributed by atoms with Crippen molar-refractivity contribution in [2.24, 2.45) is 0 Å². The summed E-state index contributed by atoms with van der Waals surface area (Å²) >= 11 is 0. The molecule has 6 heteroatoms. The average Bonchev–Trinajstić information content (AvgIpc) is 3.32. The summed E-state index contributed by atoms with van der Waals surface area (Å²) in [6, 6.07) is 7.64. The Kier molecular flexibility index (Phi) is 3.54. The fraction of sp³-hybridized carbons (Fsp3) is 0.278. The van der Waals surface area contributed by atoms with E-state index in [0.29, 0.717) is 18.8 Å². The molecule has 3 aromatic rings. The summed E-state index contributed by atoms with van der Waals surface area (Å²) in [4.78, 5) is 23.0. The minimum Gasteiger partial charge on any atom is -0.461 e. The van der Waals surface area contributed by atoms with Gasteiger partial charge in [-0.2, -0.15) is 0 Å². The maximum Gasteiger partial charge on any atom is 0.298 e. The van der Waals surface area contributed by atoms with Crippen LogP contribution >= 0.6 is 0 Å². The van der Waals surface area contributed by atoms with E-state index in [9.17, 15) is 4.79 Å². The summed E-state index contributed by atoms with van der Waals surface area (Å²) in [6.07, 6.45) is 4.23. The van der Waals surface area contributed by atoms with Gasteiger partial charge in [0, 0.05) is 19.3 Å². The van der Waals surface area contributed by atoms with Crippen molar-refractivity contribution in [2.45, 2.75) is 19.4 Å². The molecule has 1 aliphatic rings. The molecule has 4 heterocycles. The molecule has 3 aromatic heterocycles. The molecular weight excluding hydrogens is 304 g/mol. The molecule has 1 amide bonds. The molecule has 1 unspecified atom stereocenters. The standard InChI is InChI=1S/C18H16N4O2/c1-2-5-16(23)21-10-8-13(12-21)22-17-14(6-3-9-19-17)20-18(22)15-7-4-11-24-15/h3-4,6-7,9,11,13H,8,10,12H2,1H3. The van der Waals surface area contributed by atoms with E-state index >= 15 is 0 Å². The third-order valence-corrected chi connectivity index (χ3v) is 4.24. The number of nitrogens with zero attached hydrogens (tertiary/aromatic N) is 4. The maximum absolute atomic E-state index is 12.0. The second-order valence-electron chi connectivity index (χ2n) is 5.70. The first-order valence-corrected chi connectivity index (χ1v) is 7.86. The van der Waals surface area contributed by atoms with Crippen LogP contribution in [0.15, 0.2) is 41.1 Å². The summed E-state index contributed by atoms with van der Waals surface area (Å²) in [5.74, 6) is 6.60. The largest absolute Gasteiger partial charge is 0.461 e. The molecule has 0 aliphatic carbocycles. The van der Waals surface area contributed by atoms with Crippen LogP contribution in [0.4, 0.5) is 0 Å². The molecule has 0 saturated carbocycles. The zero-order chi connectivity index (χ0) is 16.5. The van der Waals surface area contributed by atoms with Crippen LogP contribution in [0, 0.1) is 11.8 Å². The number of carbonyl (C=O) groups is 1. The number of amides is 1. The molecule has 0 radical (unpaired) electrons. The number of imidazole rings is 1. The minimum atomic E-state index is -0.128. The molecule has 6 nitrogen and oxygen atoms in total. The zero-order valence-corrected chi connectivity index (χ0v) is 13.3. The summed E-state index contributed by atoms with van der Waals surface area (Å²) in [6.45, 7) is 2.96. The molecule has 0 aromatic carbocycles. The molecule has 0 N–H and O–H groups in total.